The van der Waals surface area contributed by atoms with Gasteiger partial charge in [-0.15, -0.1) is 0 Å². The fourth-order valence-corrected chi connectivity index (χ4v) is 7.92. The maximum Gasteiger partial charge on any atom is 0.265 e. The minimum atomic E-state index is -0.197. The molecule has 3 atom stereocenters. The van der Waals surface area contributed by atoms with Crippen LogP contribution in [-0.4, -0.2) is 17.2 Å². The number of hydrogen-bond acceptors (Lipinski definition) is 6. The van der Waals surface area contributed by atoms with Gasteiger partial charge in [-0.3, -0.25) is 0 Å². The van der Waals surface area contributed by atoms with Crippen LogP contribution in [0.5, 0.6) is 34.6 Å². The third kappa shape index (κ3) is 2.88. The van der Waals surface area contributed by atoms with E-state index in [0.717, 1.165) is 48.4 Å². The number of aryl methyl sites for hydroxylation is 1. The van der Waals surface area contributed by atoms with E-state index in [1.807, 2.05) is 0 Å². The van der Waals surface area contributed by atoms with E-state index in [1.54, 1.807) is 0 Å². The number of benzene rings is 2. The molecule has 3 unspecified atom stereocenters. The van der Waals surface area contributed by atoms with E-state index < -0.39 is 0 Å². The average Bonchev–Trinajstić information content (AvgIpc) is 3.21. The summed E-state index contributed by atoms with van der Waals surface area (Å²) in [6, 6.07) is 11.2. The van der Waals surface area contributed by atoms with Crippen LogP contribution >= 0.6 is 0 Å². The second kappa shape index (κ2) is 7.07. The van der Waals surface area contributed by atoms with Crippen molar-refractivity contribution in [1.82, 2.24) is 4.98 Å². The van der Waals surface area contributed by atoms with Crippen LogP contribution in [0.4, 0.5) is 0 Å². The maximum atomic E-state index is 9.94. The number of fused-ring (bicyclic) bond motifs is 8. The number of nitrogens with zero attached hydrogens (tertiary/aromatic N) is 2. The Morgan fingerprint density at radius 3 is 1.87 bits per heavy atom. The zero-order valence-electron chi connectivity index (χ0n) is 23.3. The van der Waals surface area contributed by atoms with Crippen molar-refractivity contribution in [2.24, 2.45) is 0 Å². The van der Waals surface area contributed by atoms with E-state index in [4.69, 9.17) is 18.9 Å². The Kier molecular flexibility index (Phi) is 4.20. The molecule has 1 spiro atoms. The smallest absolute Gasteiger partial charge is 0.265 e. The normalized spacial score (nSPS) is 27.1. The SMILES string of the molecule is CC1Oc2cc3c(cc2OC1C)C1(CC(C)(C)c2cc4c(cc21)Oc1c(nc2c(c1C#N)CC2)O4)CC3(C)C. The molecular weight excluding hydrogens is 488 g/mol. The van der Waals surface area contributed by atoms with Crippen LogP contribution in [0.25, 0.3) is 0 Å². The highest BCUT2D eigenvalue weighted by atomic mass is 16.6. The summed E-state index contributed by atoms with van der Waals surface area (Å²) in [5.74, 6) is 3.85. The Balaban J connectivity index is 1.31. The molecule has 198 valence electrons. The zero-order valence-corrected chi connectivity index (χ0v) is 23.3. The Hall–Kier alpha value is -3.72. The van der Waals surface area contributed by atoms with Crippen LogP contribution in [0, 0.1) is 11.3 Å². The second-order valence-electron chi connectivity index (χ2n) is 13.4. The van der Waals surface area contributed by atoms with Gasteiger partial charge in [0.05, 0.1) is 0 Å². The van der Waals surface area contributed by atoms with Gasteiger partial charge in [0.1, 0.15) is 23.8 Å². The van der Waals surface area contributed by atoms with Crippen molar-refractivity contribution in [2.75, 3.05) is 0 Å². The summed E-state index contributed by atoms with van der Waals surface area (Å²) in [6.07, 6.45) is 3.69. The summed E-state index contributed by atoms with van der Waals surface area (Å²) in [4.78, 5) is 4.69. The molecule has 3 aromatic rings. The van der Waals surface area contributed by atoms with Crippen molar-refractivity contribution in [2.45, 2.75) is 95.7 Å². The first-order chi connectivity index (χ1) is 18.5. The number of pyridine rings is 1. The molecule has 2 aliphatic heterocycles. The third-order valence-electron chi connectivity index (χ3n) is 9.88. The highest BCUT2D eigenvalue weighted by Gasteiger charge is 2.57. The summed E-state index contributed by atoms with van der Waals surface area (Å²) in [6.45, 7) is 13.5. The monoisotopic (exact) mass is 520 g/mol. The standard InChI is InChI=1S/C33H32N2O4/c1-16-17(2)37-26-11-22-20(9-25(26)36-16)31(3,4)14-33(22)15-32(5,6)21-10-28-27(12-23(21)33)38-29-19(13-34)18-7-8-24(18)35-30(29)39-28/h9-12,16-17H,7-8,14-15H2,1-6H3. The van der Waals surface area contributed by atoms with Crippen molar-refractivity contribution < 1.29 is 18.9 Å². The molecule has 6 heteroatoms. The van der Waals surface area contributed by atoms with Gasteiger partial charge < -0.3 is 18.9 Å². The van der Waals surface area contributed by atoms with E-state index in [-0.39, 0.29) is 28.5 Å². The third-order valence-corrected chi connectivity index (χ3v) is 9.88. The molecule has 0 saturated carbocycles. The highest BCUT2D eigenvalue weighted by Crippen LogP contribution is 2.65. The van der Waals surface area contributed by atoms with E-state index >= 15 is 0 Å². The van der Waals surface area contributed by atoms with Gasteiger partial charge in [0.25, 0.3) is 5.88 Å². The van der Waals surface area contributed by atoms with Crippen molar-refractivity contribution in [3.8, 4) is 40.7 Å². The molecule has 5 aliphatic rings. The predicted molar refractivity (Wildman–Crippen MR) is 146 cm³/mol. The molecule has 0 bridgehead atoms. The molecule has 0 fully saturated rings. The highest BCUT2D eigenvalue weighted by molar-refractivity contribution is 5.69. The van der Waals surface area contributed by atoms with Gasteiger partial charge in [0, 0.05) is 11.1 Å². The summed E-state index contributed by atoms with van der Waals surface area (Å²) < 4.78 is 25.4. The first kappa shape index (κ1) is 23.2. The summed E-state index contributed by atoms with van der Waals surface area (Å²) in [7, 11) is 0. The van der Waals surface area contributed by atoms with Crippen LogP contribution in [0.1, 0.15) is 93.5 Å². The molecule has 1 aromatic heterocycles. The van der Waals surface area contributed by atoms with E-state index in [0.29, 0.717) is 28.7 Å². The minimum absolute atomic E-state index is 0.00829. The number of ether oxygens (including phenoxy) is 4. The molecule has 8 rings (SSSR count). The van der Waals surface area contributed by atoms with Crippen LogP contribution in [0.2, 0.25) is 0 Å². The van der Waals surface area contributed by atoms with Gasteiger partial charge in [-0.25, -0.2) is 4.98 Å². The molecule has 0 saturated heterocycles. The quantitative estimate of drug-likeness (QED) is 0.245. The fraction of sp³-hybridized carbons (Fsp3) is 0.455. The average molecular weight is 521 g/mol. The Morgan fingerprint density at radius 2 is 1.31 bits per heavy atom. The van der Waals surface area contributed by atoms with Gasteiger partial charge in [-0.2, -0.15) is 5.26 Å². The van der Waals surface area contributed by atoms with Gasteiger partial charge in [0.15, 0.2) is 23.0 Å². The topological polar surface area (TPSA) is 73.6 Å². The molecule has 2 aromatic carbocycles. The minimum Gasteiger partial charge on any atom is -0.483 e. The molecule has 3 aliphatic carbocycles. The first-order valence-electron chi connectivity index (χ1n) is 14.0. The summed E-state index contributed by atoms with van der Waals surface area (Å²) in [5, 5.41) is 9.94. The van der Waals surface area contributed by atoms with Gasteiger partial charge in [0.2, 0.25) is 5.75 Å². The fourth-order valence-electron chi connectivity index (χ4n) is 7.92. The molecular formula is C33H32N2O4. The van der Waals surface area contributed by atoms with E-state index in [1.165, 1.54) is 22.3 Å². The molecule has 0 amide bonds. The molecule has 39 heavy (non-hydrogen) atoms. The lowest BCUT2D eigenvalue weighted by Crippen LogP contribution is -2.35. The van der Waals surface area contributed by atoms with Crippen LogP contribution in [0.3, 0.4) is 0 Å². The number of aromatic nitrogens is 1. The number of rotatable bonds is 0. The Morgan fingerprint density at radius 1 is 0.769 bits per heavy atom. The van der Waals surface area contributed by atoms with Crippen LogP contribution in [-0.2, 0) is 29.1 Å². The Bertz CT molecular complexity index is 1680. The maximum absolute atomic E-state index is 9.94. The second-order valence-corrected chi connectivity index (χ2v) is 13.4. The van der Waals surface area contributed by atoms with Gasteiger partial charge in [-0.1, -0.05) is 27.7 Å². The van der Waals surface area contributed by atoms with Crippen molar-refractivity contribution in [1.29, 1.82) is 5.26 Å². The van der Waals surface area contributed by atoms with Crippen molar-refractivity contribution in [3.63, 3.8) is 0 Å². The van der Waals surface area contributed by atoms with Crippen LogP contribution in [0.15, 0.2) is 24.3 Å². The number of hydrogen-bond donors (Lipinski definition) is 0. The molecule has 6 nitrogen and oxygen atoms in total. The lowest BCUT2D eigenvalue weighted by atomic mass is 9.72. The molecule has 0 radical (unpaired) electrons. The molecule has 0 N–H and O–H groups in total. The van der Waals surface area contributed by atoms with Gasteiger partial charge in [-0.05, 0) is 102 Å². The lowest BCUT2D eigenvalue weighted by Gasteiger charge is -2.33. The first-order valence-corrected chi connectivity index (χ1v) is 14.0. The lowest BCUT2D eigenvalue weighted by molar-refractivity contribution is 0.0427. The van der Waals surface area contributed by atoms with Crippen LogP contribution < -0.4 is 18.9 Å². The number of nitriles is 1. The Labute approximate surface area is 228 Å². The van der Waals surface area contributed by atoms with Crippen molar-refractivity contribution >= 4 is 0 Å². The van der Waals surface area contributed by atoms with E-state index in [9.17, 15) is 5.26 Å². The van der Waals surface area contributed by atoms with Crippen molar-refractivity contribution in [3.05, 3.63) is 63.3 Å². The summed E-state index contributed by atoms with van der Waals surface area (Å²) >= 11 is 0. The predicted octanol–water partition coefficient (Wildman–Crippen LogP) is 7.15. The van der Waals surface area contributed by atoms with Gasteiger partial charge >= 0.3 is 0 Å². The zero-order chi connectivity index (χ0) is 27.1. The summed E-state index contributed by atoms with van der Waals surface area (Å²) in [5.41, 5.74) is 7.37. The largest absolute Gasteiger partial charge is 0.483 e. The van der Waals surface area contributed by atoms with E-state index in [2.05, 4.69) is 76.9 Å². The molecule has 3 heterocycles.